The number of rotatable bonds is 8. The van der Waals surface area contributed by atoms with Crippen LogP contribution in [0.15, 0.2) is 0 Å². The summed E-state index contributed by atoms with van der Waals surface area (Å²) in [7, 11) is -0.776. The normalized spacial score (nSPS) is 16.0. The molecule has 0 radical (unpaired) electrons. The number of nitrogens with one attached hydrogen (secondary N) is 2. The largest absolute Gasteiger partial charge is 0.354 e. The lowest BCUT2D eigenvalue weighted by molar-refractivity contribution is 0.684. The SMILES string of the molecule is CCNc1nc(NCCS(=O)CC)nc(N2CCCC2)n1. The van der Waals surface area contributed by atoms with Crippen LogP contribution in [-0.2, 0) is 10.8 Å². The molecule has 2 N–H and O–H groups in total. The van der Waals surface area contributed by atoms with Gasteiger partial charge in [0.05, 0.1) is 0 Å². The van der Waals surface area contributed by atoms with Crippen molar-refractivity contribution in [3.8, 4) is 0 Å². The minimum atomic E-state index is -0.776. The Morgan fingerprint density at radius 2 is 1.76 bits per heavy atom. The van der Waals surface area contributed by atoms with E-state index in [0.29, 0.717) is 29.9 Å². The highest BCUT2D eigenvalue weighted by Gasteiger charge is 2.17. The molecule has 1 aliphatic heterocycles. The molecule has 0 bridgehead atoms. The fourth-order valence-corrected chi connectivity index (χ4v) is 2.78. The number of hydrogen-bond acceptors (Lipinski definition) is 7. The predicted octanol–water partition coefficient (Wildman–Crippen LogP) is 1.08. The molecule has 0 amide bonds. The molecule has 2 rings (SSSR count). The second kappa shape index (κ2) is 8.11. The van der Waals surface area contributed by atoms with Crippen LogP contribution in [0.5, 0.6) is 0 Å². The smallest absolute Gasteiger partial charge is 0.231 e. The van der Waals surface area contributed by atoms with E-state index in [1.165, 1.54) is 12.8 Å². The molecule has 1 aromatic heterocycles. The van der Waals surface area contributed by atoms with Gasteiger partial charge in [-0.2, -0.15) is 15.0 Å². The van der Waals surface area contributed by atoms with E-state index in [9.17, 15) is 4.21 Å². The van der Waals surface area contributed by atoms with Gasteiger partial charge >= 0.3 is 0 Å². The van der Waals surface area contributed by atoms with E-state index < -0.39 is 10.8 Å². The average Bonchev–Trinajstić information content (AvgIpc) is 3.01. The minimum absolute atomic E-state index is 0.552. The average molecular weight is 312 g/mol. The summed E-state index contributed by atoms with van der Waals surface area (Å²) in [6.07, 6.45) is 2.36. The van der Waals surface area contributed by atoms with Crippen molar-refractivity contribution in [2.45, 2.75) is 26.7 Å². The third kappa shape index (κ3) is 4.80. The summed E-state index contributed by atoms with van der Waals surface area (Å²) in [5.74, 6) is 3.15. The zero-order chi connectivity index (χ0) is 15.1. The number of anilines is 3. The van der Waals surface area contributed by atoms with Crippen molar-refractivity contribution in [1.82, 2.24) is 15.0 Å². The monoisotopic (exact) mass is 312 g/mol. The molecule has 1 atom stereocenters. The molecule has 1 fully saturated rings. The molecule has 0 spiro atoms. The fraction of sp³-hybridized carbons (Fsp3) is 0.769. The van der Waals surface area contributed by atoms with E-state index in [-0.39, 0.29) is 0 Å². The Morgan fingerprint density at radius 1 is 1.10 bits per heavy atom. The minimum Gasteiger partial charge on any atom is -0.354 e. The van der Waals surface area contributed by atoms with E-state index in [4.69, 9.17) is 0 Å². The number of aromatic nitrogens is 3. The van der Waals surface area contributed by atoms with Crippen molar-refractivity contribution in [1.29, 1.82) is 0 Å². The van der Waals surface area contributed by atoms with E-state index in [1.54, 1.807) is 0 Å². The quantitative estimate of drug-likeness (QED) is 0.743. The first-order valence-corrected chi connectivity index (χ1v) is 9.05. The molecule has 1 aromatic rings. The maximum atomic E-state index is 11.4. The van der Waals surface area contributed by atoms with Crippen LogP contribution in [0.4, 0.5) is 17.8 Å². The van der Waals surface area contributed by atoms with Crippen LogP contribution in [0.25, 0.3) is 0 Å². The summed E-state index contributed by atoms with van der Waals surface area (Å²) in [6.45, 7) is 7.30. The number of nitrogens with zero attached hydrogens (tertiary/aromatic N) is 4. The van der Waals surface area contributed by atoms with Gasteiger partial charge < -0.3 is 15.5 Å². The Morgan fingerprint density at radius 3 is 2.38 bits per heavy atom. The van der Waals surface area contributed by atoms with Crippen LogP contribution in [0.2, 0.25) is 0 Å². The van der Waals surface area contributed by atoms with Gasteiger partial charge in [0.15, 0.2) is 0 Å². The second-order valence-electron chi connectivity index (χ2n) is 4.87. The Balaban J connectivity index is 2.05. The molecule has 0 saturated carbocycles. The third-order valence-corrected chi connectivity index (χ3v) is 4.59. The van der Waals surface area contributed by atoms with Gasteiger partial charge in [-0.25, -0.2) is 0 Å². The lowest BCUT2D eigenvalue weighted by atomic mass is 10.4. The highest BCUT2D eigenvalue weighted by Crippen LogP contribution is 2.18. The Kier molecular flexibility index (Phi) is 6.16. The van der Waals surface area contributed by atoms with Gasteiger partial charge in [-0.05, 0) is 19.8 Å². The van der Waals surface area contributed by atoms with Crippen LogP contribution in [0, 0.1) is 0 Å². The molecular formula is C13H24N6OS. The lowest BCUT2D eigenvalue weighted by Gasteiger charge is -2.17. The van der Waals surface area contributed by atoms with Gasteiger partial charge in [0.1, 0.15) is 0 Å². The Bertz CT molecular complexity index is 478. The molecule has 1 unspecified atom stereocenters. The van der Waals surface area contributed by atoms with Gasteiger partial charge in [0.25, 0.3) is 0 Å². The van der Waals surface area contributed by atoms with Crippen molar-refractivity contribution in [2.24, 2.45) is 0 Å². The standard InChI is InChI=1S/C13H24N6OS/c1-3-14-11-16-12(15-7-10-21(20)4-2)18-13(17-11)19-8-5-6-9-19/h3-10H2,1-2H3,(H2,14,15,16,17,18). The van der Waals surface area contributed by atoms with Gasteiger partial charge in [-0.15, -0.1) is 0 Å². The summed E-state index contributed by atoms with van der Waals surface area (Å²) in [5, 5.41) is 6.28. The van der Waals surface area contributed by atoms with Crippen LogP contribution < -0.4 is 15.5 Å². The van der Waals surface area contributed by atoms with Crippen LogP contribution in [0.3, 0.4) is 0 Å². The van der Waals surface area contributed by atoms with Crippen molar-refractivity contribution in [3.05, 3.63) is 0 Å². The summed E-state index contributed by atoms with van der Waals surface area (Å²) in [4.78, 5) is 15.5. The molecule has 118 valence electrons. The summed E-state index contributed by atoms with van der Waals surface area (Å²) in [5.41, 5.74) is 0. The molecule has 1 saturated heterocycles. The first-order valence-electron chi connectivity index (χ1n) is 7.56. The topological polar surface area (TPSA) is 83.0 Å². The molecule has 8 heteroatoms. The number of hydrogen-bond donors (Lipinski definition) is 2. The highest BCUT2D eigenvalue weighted by molar-refractivity contribution is 7.84. The van der Waals surface area contributed by atoms with E-state index in [2.05, 4.69) is 30.5 Å². The van der Waals surface area contributed by atoms with Gasteiger partial charge in [-0.1, -0.05) is 6.92 Å². The van der Waals surface area contributed by atoms with Crippen LogP contribution in [-0.4, -0.2) is 56.8 Å². The maximum Gasteiger partial charge on any atom is 0.231 e. The molecule has 0 aliphatic carbocycles. The lowest BCUT2D eigenvalue weighted by Crippen LogP contribution is -2.23. The third-order valence-electron chi connectivity index (χ3n) is 3.28. The van der Waals surface area contributed by atoms with Gasteiger partial charge in [-0.3, -0.25) is 4.21 Å². The van der Waals surface area contributed by atoms with Crippen molar-refractivity contribution < 1.29 is 4.21 Å². The summed E-state index contributed by atoms with van der Waals surface area (Å²) >= 11 is 0. The summed E-state index contributed by atoms with van der Waals surface area (Å²) in [6, 6.07) is 0. The van der Waals surface area contributed by atoms with Crippen LogP contribution in [0.1, 0.15) is 26.7 Å². The summed E-state index contributed by atoms with van der Waals surface area (Å²) < 4.78 is 11.4. The maximum absolute atomic E-state index is 11.4. The Hall–Kier alpha value is -1.44. The van der Waals surface area contributed by atoms with Crippen molar-refractivity contribution in [2.75, 3.05) is 53.2 Å². The second-order valence-corrected chi connectivity index (χ2v) is 6.73. The molecular weight excluding hydrogens is 288 g/mol. The molecule has 0 aromatic carbocycles. The highest BCUT2D eigenvalue weighted by atomic mass is 32.2. The van der Waals surface area contributed by atoms with Gasteiger partial charge in [0, 0.05) is 48.5 Å². The fourth-order valence-electron chi connectivity index (χ4n) is 2.16. The first-order chi connectivity index (χ1) is 10.2. The molecule has 2 heterocycles. The van der Waals surface area contributed by atoms with E-state index in [0.717, 1.165) is 25.6 Å². The Labute approximate surface area is 128 Å². The zero-order valence-corrected chi connectivity index (χ0v) is 13.6. The zero-order valence-electron chi connectivity index (χ0n) is 12.8. The van der Waals surface area contributed by atoms with Crippen molar-refractivity contribution in [3.63, 3.8) is 0 Å². The van der Waals surface area contributed by atoms with E-state index in [1.807, 2.05) is 13.8 Å². The molecule has 21 heavy (non-hydrogen) atoms. The molecule has 1 aliphatic rings. The predicted molar refractivity (Wildman–Crippen MR) is 87.5 cm³/mol. The van der Waals surface area contributed by atoms with E-state index >= 15 is 0 Å². The van der Waals surface area contributed by atoms with Crippen molar-refractivity contribution >= 4 is 28.6 Å². The molecule has 7 nitrogen and oxygen atoms in total. The van der Waals surface area contributed by atoms with Gasteiger partial charge in [0.2, 0.25) is 17.8 Å². The van der Waals surface area contributed by atoms with Crippen LogP contribution >= 0.6 is 0 Å². The first kappa shape index (κ1) is 15.9.